The van der Waals surface area contributed by atoms with Crippen molar-refractivity contribution in [3.63, 3.8) is 0 Å². The van der Waals surface area contributed by atoms with Crippen molar-refractivity contribution in [1.82, 2.24) is 10.1 Å². The maximum atomic E-state index is 12.3. The molecule has 0 spiro atoms. The molecule has 2 aromatic rings. The first-order chi connectivity index (χ1) is 9.74. The summed E-state index contributed by atoms with van der Waals surface area (Å²) in [5.74, 6) is -1.72. The van der Waals surface area contributed by atoms with Gasteiger partial charge < -0.3 is 13.9 Å². The van der Waals surface area contributed by atoms with Gasteiger partial charge in [0, 0.05) is 5.56 Å². The summed E-state index contributed by atoms with van der Waals surface area (Å²) < 4.78 is 57.6. The molecule has 10 heteroatoms. The van der Waals surface area contributed by atoms with E-state index in [1.54, 1.807) is 6.92 Å². The Morgan fingerprint density at radius 3 is 2.43 bits per heavy atom. The van der Waals surface area contributed by atoms with Crippen LogP contribution in [-0.2, 0) is 15.3 Å². The van der Waals surface area contributed by atoms with E-state index in [0.717, 1.165) is 0 Å². The van der Waals surface area contributed by atoms with E-state index < -0.39 is 19.7 Å². The summed E-state index contributed by atoms with van der Waals surface area (Å²) in [5, 5.41) is 3.23. The highest BCUT2D eigenvalue weighted by Crippen LogP contribution is 2.40. The summed E-state index contributed by atoms with van der Waals surface area (Å²) in [6.07, 6.45) is -4.72. The molecule has 2 rings (SSSR count). The Morgan fingerprint density at radius 2 is 1.95 bits per heavy atom. The predicted molar refractivity (Wildman–Crippen MR) is 65.8 cm³/mol. The molecule has 1 aromatic heterocycles. The van der Waals surface area contributed by atoms with Gasteiger partial charge in [-0.2, -0.15) is 18.2 Å². The largest absolute Gasteiger partial charge is 0.471 e. The summed E-state index contributed by atoms with van der Waals surface area (Å²) in [6, 6.07) is 5.13. The van der Waals surface area contributed by atoms with Crippen molar-refractivity contribution < 1.29 is 31.7 Å². The molecule has 0 aliphatic carbocycles. The van der Waals surface area contributed by atoms with E-state index in [-0.39, 0.29) is 23.3 Å². The Labute approximate surface area is 117 Å². The molecule has 0 aliphatic rings. The first kappa shape index (κ1) is 15.7. The zero-order valence-electron chi connectivity index (χ0n) is 10.7. The van der Waals surface area contributed by atoms with E-state index in [2.05, 4.69) is 14.7 Å². The topological polar surface area (TPSA) is 85.5 Å². The zero-order chi connectivity index (χ0) is 15.7. The number of halogens is 3. The molecule has 21 heavy (non-hydrogen) atoms. The van der Waals surface area contributed by atoms with Crippen LogP contribution in [0.5, 0.6) is 0 Å². The van der Waals surface area contributed by atoms with Crippen molar-refractivity contribution in [1.29, 1.82) is 0 Å². The van der Waals surface area contributed by atoms with Crippen molar-refractivity contribution in [2.75, 3.05) is 6.61 Å². The van der Waals surface area contributed by atoms with Crippen LogP contribution in [-0.4, -0.2) is 21.6 Å². The van der Waals surface area contributed by atoms with Gasteiger partial charge in [0.1, 0.15) is 0 Å². The molecule has 0 bridgehead atoms. The zero-order valence-corrected chi connectivity index (χ0v) is 11.6. The molecule has 0 fully saturated rings. The first-order valence-electron chi connectivity index (χ1n) is 5.73. The normalized spacial score (nSPS) is 14.9. The molecule has 0 saturated heterocycles. The number of rotatable bonds is 4. The Balaban J connectivity index is 2.27. The molecule has 1 N–H and O–H groups in total. The molecule has 0 saturated carbocycles. The highest BCUT2D eigenvalue weighted by atomic mass is 31.2. The highest BCUT2D eigenvalue weighted by molar-refractivity contribution is 7.61. The van der Waals surface area contributed by atoms with Gasteiger partial charge in [-0.15, -0.1) is 0 Å². The molecular weight excluding hydrogens is 312 g/mol. The third-order valence-electron chi connectivity index (χ3n) is 2.42. The SMILES string of the molecule is CCOP(=O)(O)c1ccc(-c2noc(C(F)(F)F)n2)cc1. The van der Waals surface area contributed by atoms with Crippen molar-refractivity contribution in [2.45, 2.75) is 13.1 Å². The third-order valence-corrected chi connectivity index (χ3v) is 3.98. The van der Waals surface area contributed by atoms with Crippen LogP contribution in [0, 0.1) is 0 Å². The van der Waals surface area contributed by atoms with Gasteiger partial charge in [-0.3, -0.25) is 4.57 Å². The number of aromatic nitrogens is 2. The lowest BCUT2D eigenvalue weighted by atomic mass is 10.2. The molecule has 6 nitrogen and oxygen atoms in total. The predicted octanol–water partition coefficient (Wildman–Crippen LogP) is 2.60. The van der Waals surface area contributed by atoms with Gasteiger partial charge >= 0.3 is 19.7 Å². The van der Waals surface area contributed by atoms with E-state index in [1.165, 1.54) is 24.3 Å². The summed E-state index contributed by atoms with van der Waals surface area (Å²) >= 11 is 0. The molecule has 0 radical (unpaired) electrons. The number of benzene rings is 1. The second kappa shape index (κ2) is 5.59. The smallest absolute Gasteiger partial charge is 0.329 e. The Bertz CT molecular complexity index is 669. The van der Waals surface area contributed by atoms with Crippen LogP contribution >= 0.6 is 7.60 Å². The molecule has 1 unspecified atom stereocenters. The molecule has 1 heterocycles. The fourth-order valence-corrected chi connectivity index (χ4v) is 2.53. The van der Waals surface area contributed by atoms with E-state index in [0.29, 0.717) is 0 Å². The van der Waals surface area contributed by atoms with Gasteiger partial charge in [-0.1, -0.05) is 17.3 Å². The van der Waals surface area contributed by atoms with Crippen molar-refractivity contribution in [3.8, 4) is 11.4 Å². The van der Waals surface area contributed by atoms with Crippen LogP contribution in [0.4, 0.5) is 13.2 Å². The lowest BCUT2D eigenvalue weighted by molar-refractivity contribution is -0.159. The average Bonchev–Trinajstić information content (AvgIpc) is 2.88. The Morgan fingerprint density at radius 1 is 1.33 bits per heavy atom. The second-order valence-electron chi connectivity index (χ2n) is 3.91. The maximum absolute atomic E-state index is 12.3. The van der Waals surface area contributed by atoms with Crippen molar-refractivity contribution in [2.24, 2.45) is 0 Å². The minimum atomic E-state index is -4.72. The van der Waals surface area contributed by atoms with Gasteiger partial charge in [-0.05, 0) is 19.1 Å². The maximum Gasteiger partial charge on any atom is 0.471 e. The number of hydrogen-bond donors (Lipinski definition) is 1. The molecular formula is C11H10F3N2O4P. The van der Waals surface area contributed by atoms with Crippen LogP contribution in [0.2, 0.25) is 0 Å². The standard InChI is InChI=1S/C11H10F3N2O4P/c1-2-19-21(17,18)8-5-3-7(4-6-8)9-15-10(20-16-9)11(12,13)14/h3-6H,2H2,1H3,(H,17,18). The molecule has 0 amide bonds. The molecule has 0 aliphatic heterocycles. The Hall–Kier alpha value is -1.70. The first-order valence-corrected chi connectivity index (χ1v) is 7.31. The summed E-state index contributed by atoms with van der Waals surface area (Å²) in [4.78, 5) is 12.8. The summed E-state index contributed by atoms with van der Waals surface area (Å²) in [7, 11) is -3.92. The van der Waals surface area contributed by atoms with Crippen LogP contribution in [0.1, 0.15) is 12.8 Å². The fourth-order valence-electron chi connectivity index (χ4n) is 1.50. The van der Waals surface area contributed by atoms with E-state index >= 15 is 0 Å². The minimum absolute atomic E-state index is 0.0210. The van der Waals surface area contributed by atoms with E-state index in [4.69, 9.17) is 4.52 Å². The van der Waals surface area contributed by atoms with Crippen LogP contribution in [0.3, 0.4) is 0 Å². The lowest BCUT2D eigenvalue weighted by Crippen LogP contribution is -2.07. The summed E-state index contributed by atoms with van der Waals surface area (Å²) in [5.41, 5.74) is 0.217. The highest BCUT2D eigenvalue weighted by Gasteiger charge is 2.38. The average molecular weight is 322 g/mol. The number of alkyl halides is 3. The van der Waals surface area contributed by atoms with Gasteiger partial charge in [-0.25, -0.2) is 0 Å². The quantitative estimate of drug-likeness (QED) is 0.871. The van der Waals surface area contributed by atoms with E-state index in [9.17, 15) is 22.6 Å². The monoisotopic (exact) mass is 322 g/mol. The third kappa shape index (κ3) is 3.49. The molecule has 1 atom stereocenters. The number of nitrogens with zero attached hydrogens (tertiary/aromatic N) is 2. The molecule has 114 valence electrons. The van der Waals surface area contributed by atoms with Crippen LogP contribution < -0.4 is 5.30 Å². The van der Waals surface area contributed by atoms with Gasteiger partial charge in [0.05, 0.1) is 11.9 Å². The molecule has 1 aromatic carbocycles. The van der Waals surface area contributed by atoms with Crippen LogP contribution in [0.25, 0.3) is 11.4 Å². The summed E-state index contributed by atoms with van der Waals surface area (Å²) in [6.45, 7) is 1.62. The van der Waals surface area contributed by atoms with E-state index in [1.807, 2.05) is 0 Å². The second-order valence-corrected chi connectivity index (χ2v) is 5.72. The lowest BCUT2D eigenvalue weighted by Gasteiger charge is -2.10. The Kier molecular flexibility index (Phi) is 4.18. The van der Waals surface area contributed by atoms with Gasteiger partial charge in [0.15, 0.2) is 0 Å². The van der Waals surface area contributed by atoms with Gasteiger partial charge in [0.25, 0.3) is 0 Å². The minimum Gasteiger partial charge on any atom is -0.329 e. The van der Waals surface area contributed by atoms with Crippen molar-refractivity contribution in [3.05, 3.63) is 30.2 Å². The van der Waals surface area contributed by atoms with Crippen molar-refractivity contribution >= 4 is 12.9 Å². The van der Waals surface area contributed by atoms with Crippen LogP contribution in [0.15, 0.2) is 28.8 Å². The van der Waals surface area contributed by atoms with Gasteiger partial charge in [0.2, 0.25) is 5.82 Å². The number of hydrogen-bond acceptors (Lipinski definition) is 5. The fraction of sp³-hybridized carbons (Fsp3) is 0.273.